The Morgan fingerprint density at radius 2 is 1.97 bits per heavy atom. The number of hydrogen-bond acceptors (Lipinski definition) is 7. The van der Waals surface area contributed by atoms with Crippen LogP contribution in [0.1, 0.15) is 29.5 Å². The zero-order valence-electron chi connectivity index (χ0n) is 20.6. The van der Waals surface area contributed by atoms with Crippen LogP contribution in [-0.2, 0) is 9.53 Å². The highest BCUT2D eigenvalue weighted by molar-refractivity contribution is 5.87. The molecule has 2 heterocycles. The summed E-state index contributed by atoms with van der Waals surface area (Å²) >= 11 is 0. The van der Waals surface area contributed by atoms with Gasteiger partial charge in [-0.05, 0) is 66.3 Å². The van der Waals surface area contributed by atoms with E-state index in [0.717, 1.165) is 16.8 Å². The number of amides is 2. The number of ether oxygens (including phenoxy) is 1. The van der Waals surface area contributed by atoms with E-state index < -0.39 is 24.6 Å². The third kappa shape index (κ3) is 8.74. The monoisotopic (exact) mass is 520 g/mol. The number of carbonyl (C=O) groups is 2. The molecular formula is C25H31F3N6O3. The molecule has 9 nitrogen and oxygen atoms in total. The van der Waals surface area contributed by atoms with Crippen LogP contribution in [-0.4, -0.2) is 43.9 Å². The van der Waals surface area contributed by atoms with Crippen molar-refractivity contribution in [3.8, 4) is 0 Å². The number of benzene rings is 1. The fourth-order valence-corrected chi connectivity index (χ4v) is 3.99. The summed E-state index contributed by atoms with van der Waals surface area (Å²) in [6.07, 6.45) is -0.206. The van der Waals surface area contributed by atoms with Gasteiger partial charge in [0.25, 0.3) is 0 Å². The Morgan fingerprint density at radius 1 is 1.27 bits per heavy atom. The van der Waals surface area contributed by atoms with Crippen molar-refractivity contribution in [2.24, 2.45) is 23.1 Å². The van der Waals surface area contributed by atoms with E-state index in [0.29, 0.717) is 36.3 Å². The molecule has 1 fully saturated rings. The standard InChI is InChI=1S/C24H28F3N5O2.CH3NO/c1-15-3-4-19(32-8-6-16(14-32)12-24(25,26)27)11-20(15)21(29)9-18(13-28)17-5-7-30-22(10-17)31-23(33)34-2;2-1-3/h3-5,7,9-11,13,16H,6,8,12,14,28-29H2,1-2H3,(H,30,31,33);1H,(H2,2,3)/b18-13+,21-9-;. The van der Waals surface area contributed by atoms with E-state index in [4.69, 9.17) is 16.3 Å². The molecule has 200 valence electrons. The van der Waals surface area contributed by atoms with Gasteiger partial charge in [-0.2, -0.15) is 13.2 Å². The van der Waals surface area contributed by atoms with E-state index in [1.807, 2.05) is 30.0 Å². The molecule has 12 heteroatoms. The smallest absolute Gasteiger partial charge is 0.412 e. The van der Waals surface area contributed by atoms with Crippen molar-refractivity contribution in [1.29, 1.82) is 0 Å². The van der Waals surface area contributed by atoms with Gasteiger partial charge in [0.2, 0.25) is 6.41 Å². The lowest BCUT2D eigenvalue weighted by Crippen LogP contribution is -2.22. The number of halogens is 3. The molecule has 0 spiro atoms. The number of nitrogens with zero attached hydrogens (tertiary/aromatic N) is 2. The first-order valence-corrected chi connectivity index (χ1v) is 11.3. The van der Waals surface area contributed by atoms with Gasteiger partial charge in [-0.25, -0.2) is 9.78 Å². The number of aryl methyl sites for hydroxylation is 1. The first-order valence-electron chi connectivity index (χ1n) is 11.3. The lowest BCUT2D eigenvalue weighted by atomic mass is 10.0. The number of anilines is 2. The minimum atomic E-state index is -4.16. The number of primary amides is 1. The molecule has 1 aromatic carbocycles. The molecule has 0 saturated carbocycles. The second-order valence-corrected chi connectivity index (χ2v) is 8.32. The second-order valence-electron chi connectivity index (χ2n) is 8.32. The fourth-order valence-electron chi connectivity index (χ4n) is 3.99. The summed E-state index contributed by atoms with van der Waals surface area (Å²) in [5.41, 5.74) is 20.7. The highest BCUT2D eigenvalue weighted by Gasteiger charge is 2.35. The van der Waals surface area contributed by atoms with E-state index in [2.05, 4.69) is 20.8 Å². The normalized spacial score (nSPS) is 16.0. The molecule has 0 radical (unpaired) electrons. The number of pyridine rings is 1. The average molecular weight is 521 g/mol. The third-order valence-corrected chi connectivity index (χ3v) is 5.70. The Bertz CT molecular complexity index is 1150. The summed E-state index contributed by atoms with van der Waals surface area (Å²) in [7, 11) is 1.25. The molecule has 2 amide bonds. The van der Waals surface area contributed by atoms with Gasteiger partial charge >= 0.3 is 12.3 Å². The highest BCUT2D eigenvalue weighted by Crippen LogP contribution is 2.34. The molecule has 37 heavy (non-hydrogen) atoms. The third-order valence-electron chi connectivity index (χ3n) is 5.70. The maximum absolute atomic E-state index is 12.8. The number of alkyl halides is 3. The topological polar surface area (TPSA) is 150 Å². The predicted molar refractivity (Wildman–Crippen MR) is 137 cm³/mol. The Morgan fingerprint density at radius 3 is 2.59 bits per heavy atom. The lowest BCUT2D eigenvalue weighted by molar-refractivity contribution is -0.142. The van der Waals surface area contributed by atoms with Crippen molar-refractivity contribution < 1.29 is 27.5 Å². The van der Waals surface area contributed by atoms with Crippen molar-refractivity contribution in [2.45, 2.75) is 25.9 Å². The van der Waals surface area contributed by atoms with Gasteiger partial charge < -0.3 is 26.8 Å². The minimum absolute atomic E-state index is 0.250. The minimum Gasteiger partial charge on any atom is -0.453 e. The van der Waals surface area contributed by atoms with Crippen LogP contribution in [0.2, 0.25) is 0 Å². The first kappa shape index (κ1) is 29.0. The van der Waals surface area contributed by atoms with Crippen LogP contribution in [0.25, 0.3) is 11.3 Å². The molecular weight excluding hydrogens is 489 g/mol. The van der Waals surface area contributed by atoms with Crippen LogP contribution < -0.4 is 27.4 Å². The molecule has 0 aliphatic carbocycles. The van der Waals surface area contributed by atoms with E-state index >= 15 is 0 Å². The Balaban J connectivity index is 0.00000153. The quantitative estimate of drug-likeness (QED) is 0.335. The predicted octanol–water partition coefficient (Wildman–Crippen LogP) is 3.75. The Labute approximate surface area is 213 Å². The molecule has 7 N–H and O–H groups in total. The lowest BCUT2D eigenvalue weighted by Gasteiger charge is -2.21. The maximum atomic E-state index is 12.8. The largest absolute Gasteiger partial charge is 0.453 e. The summed E-state index contributed by atoms with van der Waals surface area (Å²) in [6.45, 7) is 2.83. The summed E-state index contributed by atoms with van der Waals surface area (Å²) in [4.78, 5) is 26.1. The number of methoxy groups -OCH3 is 1. The SMILES string of the molecule is COC(=O)Nc1cc(C(/C=C(\N)c2cc(N3CCC(CC(F)(F)F)C3)ccc2C)=C/N)ccn1.NC=O. The van der Waals surface area contributed by atoms with E-state index in [1.165, 1.54) is 19.5 Å². The van der Waals surface area contributed by atoms with Crippen molar-refractivity contribution in [3.05, 3.63) is 65.5 Å². The van der Waals surface area contributed by atoms with Gasteiger partial charge in [-0.1, -0.05) is 6.07 Å². The van der Waals surface area contributed by atoms with Gasteiger partial charge in [0, 0.05) is 48.9 Å². The highest BCUT2D eigenvalue weighted by atomic mass is 19.4. The van der Waals surface area contributed by atoms with Gasteiger partial charge in [0.05, 0.1) is 7.11 Å². The van der Waals surface area contributed by atoms with Crippen LogP contribution in [0.15, 0.2) is 48.8 Å². The Kier molecular flexibility index (Phi) is 10.3. The summed E-state index contributed by atoms with van der Waals surface area (Å²) in [5, 5.41) is 2.49. The number of nitrogens with two attached hydrogens (primary N) is 3. The molecule has 1 aromatic heterocycles. The second kappa shape index (κ2) is 13.2. The molecule has 3 rings (SSSR count). The van der Waals surface area contributed by atoms with Crippen molar-refractivity contribution in [1.82, 2.24) is 4.98 Å². The van der Waals surface area contributed by atoms with Crippen molar-refractivity contribution in [3.63, 3.8) is 0 Å². The molecule has 0 bridgehead atoms. The first-order chi connectivity index (χ1) is 17.5. The van der Waals surface area contributed by atoms with Gasteiger partial charge in [-0.15, -0.1) is 0 Å². The number of rotatable bonds is 6. The molecule has 1 saturated heterocycles. The van der Waals surface area contributed by atoms with Crippen molar-refractivity contribution in [2.75, 3.05) is 30.4 Å². The van der Waals surface area contributed by atoms with Crippen LogP contribution in [0.5, 0.6) is 0 Å². The zero-order chi connectivity index (χ0) is 27.6. The van der Waals surface area contributed by atoms with E-state index in [-0.39, 0.29) is 12.2 Å². The zero-order valence-corrected chi connectivity index (χ0v) is 20.6. The van der Waals surface area contributed by atoms with Crippen LogP contribution >= 0.6 is 0 Å². The van der Waals surface area contributed by atoms with Crippen LogP contribution in [0, 0.1) is 12.8 Å². The molecule has 1 atom stereocenters. The maximum Gasteiger partial charge on any atom is 0.412 e. The molecule has 1 unspecified atom stereocenters. The summed E-state index contributed by atoms with van der Waals surface area (Å²) < 4.78 is 42.9. The fraction of sp³-hybridized carbons (Fsp3) is 0.320. The molecule has 1 aliphatic heterocycles. The number of nitrogens with one attached hydrogen (secondary N) is 1. The molecule has 1 aliphatic rings. The van der Waals surface area contributed by atoms with Gasteiger partial charge in [0.1, 0.15) is 5.82 Å². The molecule has 2 aromatic rings. The van der Waals surface area contributed by atoms with Gasteiger partial charge in [0.15, 0.2) is 0 Å². The summed E-state index contributed by atoms with van der Waals surface area (Å²) in [5.74, 6) is -0.125. The van der Waals surface area contributed by atoms with E-state index in [9.17, 15) is 18.0 Å². The number of aromatic nitrogens is 1. The van der Waals surface area contributed by atoms with Gasteiger partial charge in [-0.3, -0.25) is 10.1 Å². The summed E-state index contributed by atoms with van der Waals surface area (Å²) in [6, 6.07) is 9.05. The van der Waals surface area contributed by atoms with Crippen LogP contribution in [0.3, 0.4) is 0 Å². The van der Waals surface area contributed by atoms with Crippen LogP contribution in [0.4, 0.5) is 29.5 Å². The number of allylic oxidation sites excluding steroid dienone is 2. The Hall–Kier alpha value is -4.22. The van der Waals surface area contributed by atoms with Crippen molar-refractivity contribution >= 4 is 35.3 Å². The average Bonchev–Trinajstić information content (AvgIpc) is 3.30. The number of hydrogen-bond donors (Lipinski definition) is 4. The number of carbonyl (C=O) groups excluding carboxylic acids is 2. The van der Waals surface area contributed by atoms with E-state index in [1.54, 1.807) is 18.2 Å².